The van der Waals surface area contributed by atoms with Crippen molar-refractivity contribution in [2.75, 3.05) is 21.3 Å². The summed E-state index contributed by atoms with van der Waals surface area (Å²) < 4.78 is 40.7. The van der Waals surface area contributed by atoms with Gasteiger partial charge in [0.05, 0.1) is 42.4 Å². The van der Waals surface area contributed by atoms with Gasteiger partial charge in [0, 0.05) is 65.0 Å². The zero-order valence-corrected chi connectivity index (χ0v) is 38.0. The fourth-order valence-corrected chi connectivity index (χ4v) is 7.80. The average Bonchev–Trinajstić information content (AvgIpc) is 4.05. The number of amides is 1. The van der Waals surface area contributed by atoms with E-state index in [1.165, 1.54) is 30.6 Å². The van der Waals surface area contributed by atoms with E-state index in [1.54, 1.807) is 46.5 Å². The Morgan fingerprint density at radius 1 is 0.984 bits per heavy atom. The molecule has 17 heteroatoms. The van der Waals surface area contributed by atoms with Crippen molar-refractivity contribution in [2.45, 2.75) is 142 Å². The summed E-state index contributed by atoms with van der Waals surface area (Å²) >= 11 is 0. The normalized spacial score (nSPS) is 24.3. The topological polar surface area (TPSA) is 227 Å². The number of nitrogens with zero attached hydrogens (tertiary/aromatic N) is 4. The number of aliphatic hydroxyl groups is 2. The molecule has 63 heavy (non-hydrogen) atoms. The molecule has 0 saturated heterocycles. The van der Waals surface area contributed by atoms with Crippen molar-refractivity contribution >= 4 is 30.2 Å². The first-order valence-corrected chi connectivity index (χ1v) is 21.7. The number of ether oxygens (including phenoxy) is 4. The molecule has 0 spiro atoms. The number of carbonyl (C=O) groups excluding carboxylic acids is 4. The number of methoxy groups -OCH3 is 2. The molecule has 0 fully saturated rings. The first-order chi connectivity index (χ1) is 30.0. The van der Waals surface area contributed by atoms with Crippen molar-refractivity contribution in [1.29, 1.82) is 0 Å². The summed E-state index contributed by atoms with van der Waals surface area (Å²) in [5.74, 6) is -2.06. The second-order valence-electron chi connectivity index (χ2n) is 16.9. The van der Waals surface area contributed by atoms with E-state index in [0.717, 1.165) is 0 Å². The number of aromatic nitrogens is 3. The van der Waals surface area contributed by atoms with Crippen molar-refractivity contribution in [1.82, 2.24) is 19.9 Å². The van der Waals surface area contributed by atoms with Crippen LogP contribution in [0.1, 0.15) is 117 Å². The van der Waals surface area contributed by atoms with Gasteiger partial charge in [-0.1, -0.05) is 46.8 Å². The minimum atomic E-state index is -0.991. The van der Waals surface area contributed by atoms with E-state index >= 15 is 0 Å². The molecule has 348 valence electrons. The first-order valence-electron chi connectivity index (χ1n) is 21.7. The Morgan fingerprint density at radius 2 is 1.67 bits per heavy atom. The molecule has 11 atom stereocenters. The number of hydrogen-bond donors (Lipinski definition) is 2. The minimum absolute atomic E-state index is 0.0962. The van der Waals surface area contributed by atoms with Crippen LogP contribution in [0.4, 0.5) is 0 Å². The molecule has 3 aromatic rings. The largest absolute Gasteiger partial charge is 0.462 e. The van der Waals surface area contributed by atoms with Crippen LogP contribution in [0.2, 0.25) is 0 Å². The lowest BCUT2D eigenvalue weighted by Gasteiger charge is -2.34. The monoisotopic (exact) mass is 882 g/mol. The molecule has 0 radical (unpaired) electrons. The number of rotatable bonds is 15. The zero-order chi connectivity index (χ0) is 46.2. The summed E-state index contributed by atoms with van der Waals surface area (Å²) in [4.78, 5) is 65.0. The van der Waals surface area contributed by atoms with Crippen molar-refractivity contribution in [3.05, 3.63) is 48.7 Å². The van der Waals surface area contributed by atoms with Gasteiger partial charge in [-0.15, -0.1) is 0 Å². The molecule has 0 aromatic carbocycles. The van der Waals surface area contributed by atoms with E-state index in [9.17, 15) is 29.4 Å². The van der Waals surface area contributed by atoms with Crippen LogP contribution >= 0.6 is 0 Å². The second kappa shape index (κ2) is 24.8. The third-order valence-electron chi connectivity index (χ3n) is 11.8. The molecule has 4 rings (SSSR count). The molecule has 4 heterocycles. The van der Waals surface area contributed by atoms with Crippen molar-refractivity contribution in [3.63, 3.8) is 0 Å². The number of hydrogen-bond acceptors (Lipinski definition) is 16. The molecule has 0 saturated carbocycles. The highest BCUT2D eigenvalue weighted by Gasteiger charge is 2.35. The molecule has 6 bridgehead atoms. The Morgan fingerprint density at radius 3 is 2.37 bits per heavy atom. The maximum atomic E-state index is 13.6. The quantitative estimate of drug-likeness (QED) is 0.116. The van der Waals surface area contributed by atoms with Crippen molar-refractivity contribution < 1.29 is 61.6 Å². The smallest absolute Gasteiger partial charge is 0.308 e. The average molecular weight is 883 g/mol. The van der Waals surface area contributed by atoms with Crippen molar-refractivity contribution in [3.8, 4) is 23.2 Å². The van der Waals surface area contributed by atoms with Gasteiger partial charge >= 0.3 is 11.9 Å². The van der Waals surface area contributed by atoms with Crippen molar-refractivity contribution in [2.24, 2.45) is 23.7 Å². The van der Waals surface area contributed by atoms with Gasteiger partial charge in [0.15, 0.2) is 11.4 Å². The Balaban J connectivity index is 1.51. The predicted octanol–water partition coefficient (Wildman–Crippen LogP) is 6.94. The molecule has 0 aliphatic carbocycles. The Labute approximate surface area is 369 Å². The lowest BCUT2D eigenvalue weighted by Crippen LogP contribution is -2.39. The van der Waals surface area contributed by atoms with Crippen LogP contribution in [0.5, 0.6) is 0 Å². The number of esters is 2. The van der Waals surface area contributed by atoms with Crippen LogP contribution in [-0.4, -0.2) is 112 Å². The molecule has 17 nitrogen and oxygen atoms in total. The van der Waals surface area contributed by atoms with Crippen LogP contribution in [-0.2, 0) is 38.1 Å². The molecule has 1 aliphatic rings. The maximum Gasteiger partial charge on any atom is 0.308 e. The van der Waals surface area contributed by atoms with Crippen LogP contribution in [0.15, 0.2) is 50.4 Å². The highest BCUT2D eigenvalue weighted by atomic mass is 16.6. The van der Waals surface area contributed by atoms with Gasteiger partial charge in [0.1, 0.15) is 36.8 Å². The fourth-order valence-electron chi connectivity index (χ4n) is 7.80. The number of carbonyl (C=O) groups is 4. The van der Waals surface area contributed by atoms with Gasteiger partial charge in [0.2, 0.25) is 24.1 Å². The highest BCUT2D eigenvalue weighted by Crippen LogP contribution is 2.31. The molecule has 11 unspecified atom stereocenters. The SMILES string of the molecule is COC(CC1OC(=O)CC(O)CCCC(O)CC(C)c2coc(n2)-c2coc(n2)-c2coc(n2)C=CCC(OC)C1C)C(C)CCC(=O)C(C)C(OC(C)=O)C(C)/C=C/N(C)C=O. The van der Waals surface area contributed by atoms with E-state index < -0.39 is 54.5 Å². The summed E-state index contributed by atoms with van der Waals surface area (Å²) in [5, 5.41) is 21.7. The number of Topliss-reactive ketones (excluding diaryl/α,β-unsaturated/α-hetero) is 1. The predicted molar refractivity (Wildman–Crippen MR) is 230 cm³/mol. The van der Waals surface area contributed by atoms with Gasteiger partial charge in [0.25, 0.3) is 0 Å². The van der Waals surface area contributed by atoms with Gasteiger partial charge in [-0.2, -0.15) is 0 Å². The van der Waals surface area contributed by atoms with E-state index in [2.05, 4.69) is 15.0 Å². The Hall–Kier alpha value is -4.97. The lowest BCUT2D eigenvalue weighted by molar-refractivity contribution is -0.160. The Kier molecular flexibility index (Phi) is 19.9. The Bertz CT molecular complexity index is 1950. The summed E-state index contributed by atoms with van der Waals surface area (Å²) in [6.07, 6.45) is 10.5. The molecular weight excluding hydrogens is 817 g/mol. The summed E-state index contributed by atoms with van der Waals surface area (Å²) in [5.41, 5.74) is 1.39. The fraction of sp³-hybridized carbons (Fsp3) is 0.630. The third-order valence-corrected chi connectivity index (χ3v) is 11.8. The number of cyclic esters (lactones) is 1. The van der Waals surface area contributed by atoms with Gasteiger partial charge < -0.3 is 47.3 Å². The number of aliphatic hydroxyl groups excluding tert-OH is 2. The van der Waals surface area contributed by atoms with Gasteiger partial charge in [-0.25, -0.2) is 15.0 Å². The van der Waals surface area contributed by atoms with Gasteiger partial charge in [-0.05, 0) is 50.5 Å². The van der Waals surface area contributed by atoms with Gasteiger partial charge in [-0.3, -0.25) is 19.2 Å². The standard InChI is InChI=1S/C46H66N4O13/c1-27(16-17-38(55)30(4)44(62-32(6)52)28(2)18-19-50(7)26-51)40(58-9)22-41-31(5)39(57-8)14-11-15-42-47-36(24-59-42)45-49-37(25-61-45)46-48-35(23-60-46)29(3)20-33(53)12-10-13-34(54)21-43(56)63-41/h11,15,18-19,23-31,33-34,39-41,44,53-54H,10,12-14,16-17,20-22H2,1-9H3/b15-11?,19-18+. The van der Waals surface area contributed by atoms with E-state index in [-0.39, 0.29) is 66.9 Å². The number of fused-ring (bicyclic) bond motifs is 8. The van der Waals surface area contributed by atoms with E-state index in [1.807, 2.05) is 33.8 Å². The van der Waals surface area contributed by atoms with Crippen LogP contribution < -0.4 is 0 Å². The van der Waals surface area contributed by atoms with Crippen LogP contribution in [0.3, 0.4) is 0 Å². The first kappa shape index (κ1) is 50.7. The lowest BCUT2D eigenvalue weighted by atomic mass is 9.84. The molecule has 2 N–H and O–H groups in total. The van der Waals surface area contributed by atoms with Crippen LogP contribution in [0.25, 0.3) is 29.2 Å². The third kappa shape index (κ3) is 15.4. The minimum Gasteiger partial charge on any atom is -0.462 e. The number of oxazole rings is 3. The van der Waals surface area contributed by atoms with E-state index in [0.29, 0.717) is 61.5 Å². The maximum absolute atomic E-state index is 13.6. The second-order valence-corrected chi connectivity index (χ2v) is 16.9. The molecule has 3 aromatic heterocycles. The zero-order valence-electron chi connectivity index (χ0n) is 38.0. The summed E-state index contributed by atoms with van der Waals surface area (Å²) in [6.45, 7) is 10.7. The van der Waals surface area contributed by atoms with E-state index in [4.69, 9.17) is 32.2 Å². The molecular formula is C46H66N4O13. The summed E-state index contributed by atoms with van der Waals surface area (Å²) in [7, 11) is 4.73. The molecule has 1 aliphatic heterocycles. The summed E-state index contributed by atoms with van der Waals surface area (Å²) in [6, 6.07) is 0. The molecule has 1 amide bonds. The number of ketones is 1. The van der Waals surface area contributed by atoms with Crippen LogP contribution in [0, 0.1) is 23.7 Å². The highest BCUT2D eigenvalue weighted by molar-refractivity contribution is 5.81.